The molecule has 0 radical (unpaired) electrons. The van der Waals surface area contributed by atoms with Crippen LogP contribution in [0.5, 0.6) is 23.0 Å². The Labute approximate surface area is 174 Å². The van der Waals surface area contributed by atoms with Crippen molar-refractivity contribution in [2.75, 3.05) is 0 Å². The molecule has 12 heteroatoms. The van der Waals surface area contributed by atoms with Gasteiger partial charge in [-0.25, -0.2) is 9.59 Å². The first kappa shape index (κ1) is 23.0. The maximum Gasteiger partial charge on any atom is 0.342 e. The van der Waals surface area contributed by atoms with Gasteiger partial charge in [0.25, 0.3) is 5.91 Å². The fraction of sp³-hybridized carbons (Fsp3) is 0.158. The fourth-order valence-electron chi connectivity index (χ4n) is 2.33. The maximum atomic E-state index is 12.1. The predicted octanol–water partition coefficient (Wildman–Crippen LogP) is 0.0478. The Kier molecular flexibility index (Phi) is 7.00. The van der Waals surface area contributed by atoms with Crippen LogP contribution in [0, 0.1) is 0 Å². The lowest BCUT2D eigenvalue weighted by atomic mass is 10.1. The molecule has 0 saturated heterocycles. The Morgan fingerprint density at radius 1 is 0.871 bits per heavy atom. The molecule has 12 nitrogen and oxygen atoms in total. The molecular formula is C19H19N3O9. The van der Waals surface area contributed by atoms with Crippen LogP contribution >= 0.6 is 0 Å². The number of amides is 4. The van der Waals surface area contributed by atoms with Crippen LogP contribution in [0.25, 0.3) is 0 Å². The first-order chi connectivity index (χ1) is 14.5. The van der Waals surface area contributed by atoms with Gasteiger partial charge in [0.2, 0.25) is 5.91 Å². The molecule has 0 unspecified atom stereocenters. The van der Waals surface area contributed by atoms with Crippen molar-refractivity contribution in [2.24, 2.45) is 5.73 Å². The summed E-state index contributed by atoms with van der Waals surface area (Å²) in [7, 11) is 0. The highest BCUT2D eigenvalue weighted by Crippen LogP contribution is 2.29. The molecule has 8 N–H and O–H groups in total. The first-order valence-corrected chi connectivity index (χ1v) is 8.67. The Morgan fingerprint density at radius 2 is 1.39 bits per heavy atom. The average molecular weight is 433 g/mol. The van der Waals surface area contributed by atoms with Crippen LogP contribution in [-0.4, -0.2) is 56.4 Å². The SMILES string of the molecule is C[C@@H](OC(=O)c1cccc(O)c1O)[C@H](N)C(=O)NC(=O)NC(=O)c1cccc(O)c1O. The Balaban J connectivity index is 1.95. The summed E-state index contributed by atoms with van der Waals surface area (Å²) in [5.41, 5.74) is 4.87. The summed E-state index contributed by atoms with van der Waals surface area (Å²) in [5.74, 6) is -5.90. The molecule has 0 aromatic heterocycles. The van der Waals surface area contributed by atoms with E-state index in [0.29, 0.717) is 0 Å². The molecule has 0 aliphatic rings. The van der Waals surface area contributed by atoms with E-state index in [1.807, 2.05) is 0 Å². The van der Waals surface area contributed by atoms with Crippen molar-refractivity contribution in [3.05, 3.63) is 47.5 Å². The molecule has 31 heavy (non-hydrogen) atoms. The molecule has 2 aromatic rings. The normalized spacial score (nSPS) is 12.3. The second-order valence-corrected chi connectivity index (χ2v) is 6.26. The van der Waals surface area contributed by atoms with Gasteiger partial charge in [-0.2, -0.15) is 0 Å². The zero-order chi connectivity index (χ0) is 23.3. The third-order valence-electron chi connectivity index (χ3n) is 4.06. The van der Waals surface area contributed by atoms with Gasteiger partial charge in [-0.15, -0.1) is 0 Å². The summed E-state index contributed by atoms with van der Waals surface area (Å²) < 4.78 is 4.96. The van der Waals surface area contributed by atoms with Gasteiger partial charge in [0.05, 0.1) is 5.56 Å². The second kappa shape index (κ2) is 9.45. The molecule has 2 rings (SSSR count). The number of nitrogens with one attached hydrogen (secondary N) is 2. The highest BCUT2D eigenvalue weighted by atomic mass is 16.5. The molecule has 0 spiro atoms. The Hall–Kier alpha value is -4.32. The molecule has 0 saturated carbocycles. The van der Waals surface area contributed by atoms with Crippen LogP contribution < -0.4 is 16.4 Å². The predicted molar refractivity (Wildman–Crippen MR) is 103 cm³/mol. The number of aromatic hydroxyl groups is 4. The summed E-state index contributed by atoms with van der Waals surface area (Å²) >= 11 is 0. The van der Waals surface area contributed by atoms with Crippen LogP contribution in [0.1, 0.15) is 27.6 Å². The summed E-state index contributed by atoms with van der Waals surface area (Å²) in [6.45, 7) is 1.25. The van der Waals surface area contributed by atoms with Gasteiger partial charge in [0.1, 0.15) is 17.7 Å². The highest BCUT2D eigenvalue weighted by Gasteiger charge is 2.28. The quantitative estimate of drug-likeness (QED) is 0.249. The number of rotatable bonds is 5. The Bertz CT molecular complexity index is 1040. The van der Waals surface area contributed by atoms with Crippen LogP contribution in [0.3, 0.4) is 0 Å². The van der Waals surface area contributed by atoms with Crippen LogP contribution in [-0.2, 0) is 9.53 Å². The Morgan fingerprint density at radius 3 is 1.97 bits per heavy atom. The number of nitrogens with two attached hydrogens (primary N) is 1. The molecule has 0 bridgehead atoms. The number of hydrogen-bond acceptors (Lipinski definition) is 10. The third kappa shape index (κ3) is 5.39. The van der Waals surface area contributed by atoms with Gasteiger partial charge in [-0.05, 0) is 31.2 Å². The monoisotopic (exact) mass is 433 g/mol. The number of hydrogen-bond donors (Lipinski definition) is 7. The number of urea groups is 1. The lowest BCUT2D eigenvalue weighted by molar-refractivity contribution is -0.123. The molecule has 164 valence electrons. The molecule has 2 aromatic carbocycles. The van der Waals surface area contributed by atoms with Crippen molar-refractivity contribution in [1.29, 1.82) is 0 Å². The van der Waals surface area contributed by atoms with E-state index in [9.17, 15) is 39.6 Å². The van der Waals surface area contributed by atoms with Crippen molar-refractivity contribution in [3.8, 4) is 23.0 Å². The van der Waals surface area contributed by atoms with Gasteiger partial charge >= 0.3 is 12.0 Å². The van der Waals surface area contributed by atoms with Gasteiger partial charge in [-0.1, -0.05) is 12.1 Å². The van der Waals surface area contributed by atoms with Gasteiger partial charge < -0.3 is 30.9 Å². The van der Waals surface area contributed by atoms with Crippen LogP contribution in [0.15, 0.2) is 36.4 Å². The second-order valence-electron chi connectivity index (χ2n) is 6.26. The van der Waals surface area contributed by atoms with E-state index in [0.717, 1.165) is 18.2 Å². The lowest BCUT2D eigenvalue weighted by Gasteiger charge is -2.19. The van der Waals surface area contributed by atoms with E-state index in [1.54, 1.807) is 10.6 Å². The number of phenolic OH excluding ortho intramolecular Hbond substituents is 4. The number of phenols is 4. The van der Waals surface area contributed by atoms with E-state index in [-0.39, 0.29) is 5.56 Å². The molecule has 0 heterocycles. The topological polar surface area (TPSA) is 209 Å². The minimum atomic E-state index is -1.54. The van der Waals surface area contributed by atoms with E-state index < -0.39 is 64.5 Å². The third-order valence-corrected chi connectivity index (χ3v) is 4.06. The zero-order valence-corrected chi connectivity index (χ0v) is 16.0. The van der Waals surface area contributed by atoms with Crippen LogP contribution in [0.4, 0.5) is 4.79 Å². The highest BCUT2D eigenvalue weighted by molar-refractivity contribution is 6.09. The minimum absolute atomic E-state index is 0.367. The number of carbonyl (C=O) groups is 4. The molecule has 0 aliphatic heterocycles. The van der Waals surface area contributed by atoms with Gasteiger partial charge in [-0.3, -0.25) is 20.2 Å². The van der Waals surface area contributed by atoms with E-state index in [4.69, 9.17) is 10.5 Å². The minimum Gasteiger partial charge on any atom is -0.504 e. The van der Waals surface area contributed by atoms with E-state index in [2.05, 4.69) is 0 Å². The van der Waals surface area contributed by atoms with E-state index in [1.165, 1.54) is 25.1 Å². The van der Waals surface area contributed by atoms with Gasteiger partial charge in [0.15, 0.2) is 23.0 Å². The molecule has 0 aliphatic carbocycles. The molecule has 0 fully saturated rings. The number of benzene rings is 2. The largest absolute Gasteiger partial charge is 0.504 e. The number of imide groups is 2. The molecule has 2 atom stereocenters. The lowest BCUT2D eigenvalue weighted by Crippen LogP contribution is -2.53. The van der Waals surface area contributed by atoms with Crippen molar-refractivity contribution >= 4 is 23.8 Å². The maximum absolute atomic E-state index is 12.1. The zero-order valence-electron chi connectivity index (χ0n) is 16.0. The molecular weight excluding hydrogens is 414 g/mol. The summed E-state index contributed by atoms with van der Waals surface area (Å²) in [6.07, 6.45) is -1.27. The van der Waals surface area contributed by atoms with Crippen LogP contribution in [0.2, 0.25) is 0 Å². The number of carbonyl (C=O) groups excluding carboxylic acids is 4. The van der Waals surface area contributed by atoms with E-state index >= 15 is 0 Å². The number of para-hydroxylation sites is 2. The number of ether oxygens (including phenoxy) is 1. The van der Waals surface area contributed by atoms with Crippen molar-refractivity contribution in [3.63, 3.8) is 0 Å². The fourth-order valence-corrected chi connectivity index (χ4v) is 2.33. The van der Waals surface area contributed by atoms with Crippen molar-refractivity contribution in [2.45, 2.75) is 19.1 Å². The summed E-state index contributed by atoms with van der Waals surface area (Å²) in [5, 5.41) is 41.6. The molecule has 4 amide bonds. The summed E-state index contributed by atoms with van der Waals surface area (Å²) in [6, 6.07) is 4.28. The standard InChI is InChI=1S/C19H19N3O9/c1-8(31-18(29)10-5-3-7-12(24)15(10)26)13(20)17(28)22-19(30)21-16(27)9-4-2-6-11(23)14(9)25/h2-8,13,23-26H,20H2,1H3,(H2,21,22,27,28,30)/t8-,13+/m1/s1. The summed E-state index contributed by atoms with van der Waals surface area (Å²) in [4.78, 5) is 48.0. The van der Waals surface area contributed by atoms with Gasteiger partial charge in [0, 0.05) is 0 Å². The number of esters is 1. The smallest absolute Gasteiger partial charge is 0.342 e. The van der Waals surface area contributed by atoms with Crippen molar-refractivity contribution in [1.82, 2.24) is 10.6 Å². The first-order valence-electron chi connectivity index (χ1n) is 8.67. The average Bonchev–Trinajstić information content (AvgIpc) is 2.70. The van der Waals surface area contributed by atoms with Crippen molar-refractivity contribution < 1.29 is 44.3 Å².